The molecule has 2 aliphatic rings. The molecule has 0 spiro atoms. The molecule has 4 aromatic rings. The van der Waals surface area contributed by atoms with Gasteiger partial charge in [0.1, 0.15) is 60.3 Å². The van der Waals surface area contributed by atoms with Crippen molar-refractivity contribution in [3.05, 3.63) is 84.9 Å². The highest BCUT2D eigenvalue weighted by Crippen LogP contribution is 2.31. The van der Waals surface area contributed by atoms with Crippen LogP contribution < -0.4 is 9.47 Å². The summed E-state index contributed by atoms with van der Waals surface area (Å²) in [7, 11) is 0. The zero-order valence-electron chi connectivity index (χ0n) is 23.5. The monoisotopic (exact) mass is 612 g/mol. The summed E-state index contributed by atoms with van der Waals surface area (Å²) in [5.41, 5.74) is 0. The fraction of sp³-hybridized carbons (Fsp3) is 0.375. The highest BCUT2D eigenvalue weighted by atomic mass is 16.7. The van der Waals surface area contributed by atoms with Crippen molar-refractivity contribution in [3.63, 3.8) is 0 Å². The summed E-state index contributed by atoms with van der Waals surface area (Å²) in [6.45, 7) is -0.972. The molecule has 10 atom stereocenters. The van der Waals surface area contributed by atoms with Gasteiger partial charge in [0, 0.05) is 10.8 Å². The SMILES string of the molecule is OCC1OC(Oc2cccc3ccccc23)C(O)C(O)C1O.OCC1OC(Oc2cccc3ccccc23)C(O)C(O)C1O. The molecule has 4 aromatic carbocycles. The van der Waals surface area contributed by atoms with E-state index in [9.17, 15) is 40.9 Å². The van der Waals surface area contributed by atoms with Gasteiger partial charge in [-0.2, -0.15) is 0 Å². The molecule has 0 radical (unpaired) electrons. The Morgan fingerprint density at radius 1 is 0.455 bits per heavy atom. The number of aliphatic hydroxyl groups is 8. The summed E-state index contributed by atoms with van der Waals surface area (Å²) in [6, 6.07) is 26.0. The summed E-state index contributed by atoms with van der Waals surface area (Å²) < 4.78 is 22.1. The maximum absolute atomic E-state index is 10.0. The lowest BCUT2D eigenvalue weighted by atomic mass is 9.99. The van der Waals surface area contributed by atoms with Gasteiger partial charge in [-0.1, -0.05) is 72.8 Å². The molecule has 12 heteroatoms. The third-order valence-electron chi connectivity index (χ3n) is 7.68. The summed E-state index contributed by atoms with van der Waals surface area (Å²) in [4.78, 5) is 0. The van der Waals surface area contributed by atoms with Crippen LogP contribution in [0.3, 0.4) is 0 Å². The third-order valence-corrected chi connectivity index (χ3v) is 7.68. The van der Waals surface area contributed by atoms with E-state index in [-0.39, 0.29) is 0 Å². The van der Waals surface area contributed by atoms with Crippen LogP contribution in [0, 0.1) is 0 Å². The largest absolute Gasteiger partial charge is 0.461 e. The zero-order chi connectivity index (χ0) is 31.4. The number of hydrogen-bond acceptors (Lipinski definition) is 12. The fourth-order valence-electron chi connectivity index (χ4n) is 5.18. The highest BCUT2D eigenvalue weighted by molar-refractivity contribution is 5.88. The second kappa shape index (κ2) is 14.1. The molecule has 8 N–H and O–H groups in total. The predicted octanol–water partition coefficient (Wildman–Crippen LogP) is 0.0370. The van der Waals surface area contributed by atoms with E-state index in [1.807, 2.05) is 72.8 Å². The Labute approximate surface area is 252 Å². The second-order valence-corrected chi connectivity index (χ2v) is 10.6. The molecule has 236 valence electrons. The molecule has 0 amide bonds. The van der Waals surface area contributed by atoms with Gasteiger partial charge in [0.15, 0.2) is 0 Å². The molecule has 6 rings (SSSR count). The first-order valence-electron chi connectivity index (χ1n) is 14.1. The normalized spacial score (nSPS) is 32.1. The Morgan fingerprint density at radius 3 is 1.20 bits per heavy atom. The molecule has 2 heterocycles. The van der Waals surface area contributed by atoms with Crippen LogP contribution in [-0.4, -0.2) is 115 Å². The van der Waals surface area contributed by atoms with Crippen molar-refractivity contribution in [3.8, 4) is 11.5 Å². The predicted molar refractivity (Wildman–Crippen MR) is 157 cm³/mol. The minimum absolute atomic E-state index is 0.486. The molecule has 0 saturated carbocycles. The molecule has 12 nitrogen and oxygen atoms in total. The average Bonchev–Trinajstić information content (AvgIpc) is 3.05. The molecule has 2 fully saturated rings. The fourth-order valence-corrected chi connectivity index (χ4v) is 5.18. The van der Waals surface area contributed by atoms with E-state index in [0.717, 1.165) is 21.5 Å². The van der Waals surface area contributed by atoms with E-state index in [2.05, 4.69) is 0 Å². The first kappa shape index (κ1) is 32.0. The summed E-state index contributed by atoms with van der Waals surface area (Å²) in [6.07, 6.45) is -12.9. The van der Waals surface area contributed by atoms with E-state index < -0.39 is 74.6 Å². The van der Waals surface area contributed by atoms with E-state index in [0.29, 0.717) is 11.5 Å². The van der Waals surface area contributed by atoms with Crippen LogP contribution in [0.25, 0.3) is 21.5 Å². The van der Waals surface area contributed by atoms with Crippen molar-refractivity contribution in [1.29, 1.82) is 0 Å². The van der Waals surface area contributed by atoms with Crippen molar-refractivity contribution < 1.29 is 59.8 Å². The van der Waals surface area contributed by atoms with Crippen molar-refractivity contribution in [1.82, 2.24) is 0 Å². The molecule has 0 aromatic heterocycles. The van der Waals surface area contributed by atoms with E-state index in [1.54, 1.807) is 12.1 Å². The van der Waals surface area contributed by atoms with Gasteiger partial charge >= 0.3 is 0 Å². The van der Waals surface area contributed by atoms with Crippen molar-refractivity contribution in [2.24, 2.45) is 0 Å². The molecule has 2 aliphatic heterocycles. The number of aliphatic hydroxyl groups excluding tert-OH is 8. The topological polar surface area (TPSA) is 199 Å². The van der Waals surface area contributed by atoms with E-state index >= 15 is 0 Å². The standard InChI is InChI=1S/2C16H18O6/c2*17-8-12-13(18)14(19)15(20)16(22-12)21-11-7-3-5-9-4-1-2-6-10(9)11/h2*1-7,12-20H,8H2. The lowest BCUT2D eigenvalue weighted by molar-refractivity contribution is -0.277. The van der Waals surface area contributed by atoms with Gasteiger partial charge in [-0.25, -0.2) is 0 Å². The molecule has 44 heavy (non-hydrogen) atoms. The van der Waals surface area contributed by atoms with Crippen molar-refractivity contribution >= 4 is 21.5 Å². The van der Waals surface area contributed by atoms with Gasteiger partial charge in [-0.05, 0) is 22.9 Å². The molecule has 10 unspecified atom stereocenters. The van der Waals surface area contributed by atoms with Crippen LogP contribution in [0.2, 0.25) is 0 Å². The van der Waals surface area contributed by atoms with E-state index in [4.69, 9.17) is 18.9 Å². The van der Waals surface area contributed by atoms with Crippen LogP contribution in [-0.2, 0) is 9.47 Å². The Morgan fingerprint density at radius 2 is 0.818 bits per heavy atom. The summed E-state index contributed by atoms with van der Waals surface area (Å²) in [5.74, 6) is 0.977. The smallest absolute Gasteiger partial charge is 0.229 e. The minimum Gasteiger partial charge on any atom is -0.461 e. The molecule has 0 bridgehead atoms. The summed E-state index contributed by atoms with van der Waals surface area (Å²) in [5, 5.41) is 81.1. The summed E-state index contributed by atoms with van der Waals surface area (Å²) >= 11 is 0. The maximum Gasteiger partial charge on any atom is 0.229 e. The third kappa shape index (κ3) is 6.65. The molecule has 0 aliphatic carbocycles. The quantitative estimate of drug-likeness (QED) is 0.146. The first-order valence-corrected chi connectivity index (χ1v) is 14.1. The van der Waals surface area contributed by atoms with Crippen LogP contribution in [0.15, 0.2) is 84.9 Å². The molecular formula is C32H36O12. The maximum atomic E-state index is 10.0. The van der Waals surface area contributed by atoms with Crippen LogP contribution in [0.1, 0.15) is 0 Å². The first-order chi connectivity index (χ1) is 21.2. The number of hydrogen-bond donors (Lipinski definition) is 8. The number of benzene rings is 4. The van der Waals surface area contributed by atoms with E-state index in [1.165, 1.54) is 0 Å². The Hall–Kier alpha value is -3.40. The van der Waals surface area contributed by atoms with Gasteiger partial charge in [-0.3, -0.25) is 0 Å². The second-order valence-electron chi connectivity index (χ2n) is 10.6. The van der Waals surface area contributed by atoms with Crippen LogP contribution in [0.4, 0.5) is 0 Å². The van der Waals surface area contributed by atoms with Crippen molar-refractivity contribution in [2.75, 3.05) is 13.2 Å². The van der Waals surface area contributed by atoms with Crippen LogP contribution in [0.5, 0.6) is 11.5 Å². The molecular weight excluding hydrogens is 576 g/mol. The Balaban J connectivity index is 0.000000175. The van der Waals surface area contributed by atoms with Gasteiger partial charge in [0.2, 0.25) is 12.6 Å². The Bertz CT molecular complexity index is 1390. The van der Waals surface area contributed by atoms with Crippen molar-refractivity contribution in [2.45, 2.75) is 61.4 Å². The number of fused-ring (bicyclic) bond motifs is 2. The number of rotatable bonds is 6. The van der Waals surface area contributed by atoms with Gasteiger partial charge in [0.25, 0.3) is 0 Å². The molecule has 2 saturated heterocycles. The lowest BCUT2D eigenvalue weighted by Gasteiger charge is -2.39. The number of ether oxygens (including phenoxy) is 4. The van der Waals surface area contributed by atoms with Gasteiger partial charge < -0.3 is 59.8 Å². The minimum atomic E-state index is -1.45. The van der Waals surface area contributed by atoms with Gasteiger partial charge in [0.05, 0.1) is 13.2 Å². The highest BCUT2D eigenvalue weighted by Gasteiger charge is 2.45. The van der Waals surface area contributed by atoms with Gasteiger partial charge in [-0.15, -0.1) is 0 Å². The zero-order valence-corrected chi connectivity index (χ0v) is 23.5. The van der Waals surface area contributed by atoms with Crippen LogP contribution >= 0.6 is 0 Å². The average molecular weight is 613 g/mol. The Kier molecular flexibility index (Phi) is 10.3. The lowest BCUT2D eigenvalue weighted by Crippen LogP contribution is -2.60.